The van der Waals surface area contributed by atoms with Gasteiger partial charge in [-0.3, -0.25) is 4.79 Å². The maximum absolute atomic E-state index is 12.3. The highest BCUT2D eigenvalue weighted by atomic mass is 35.5. The third kappa shape index (κ3) is 3.57. The number of halogens is 1. The van der Waals surface area contributed by atoms with Gasteiger partial charge in [-0.15, -0.1) is 0 Å². The van der Waals surface area contributed by atoms with E-state index in [4.69, 9.17) is 11.6 Å². The van der Waals surface area contributed by atoms with Crippen molar-refractivity contribution in [3.05, 3.63) is 28.7 Å². The lowest BCUT2D eigenvalue weighted by Gasteiger charge is -2.34. The number of nitrogens with zero attached hydrogens (tertiary/aromatic N) is 2. The third-order valence-corrected chi connectivity index (χ3v) is 5.34. The van der Waals surface area contributed by atoms with Crippen LogP contribution in [0.2, 0.25) is 0 Å². The Bertz CT molecular complexity index is 628. The van der Waals surface area contributed by atoms with E-state index in [0.29, 0.717) is 23.2 Å². The molecule has 23 heavy (non-hydrogen) atoms. The van der Waals surface area contributed by atoms with Gasteiger partial charge in [0.1, 0.15) is 0 Å². The lowest BCUT2D eigenvalue weighted by molar-refractivity contribution is -0.470. The highest BCUT2D eigenvalue weighted by molar-refractivity contribution is 6.68. The molecule has 3 rings (SSSR count). The summed E-state index contributed by atoms with van der Waals surface area (Å²) in [5, 5.41) is -0.459. The molecule has 1 saturated carbocycles. The molecule has 1 heterocycles. The van der Waals surface area contributed by atoms with Crippen molar-refractivity contribution >= 4 is 28.2 Å². The molecule has 0 bridgehead atoms. The zero-order valence-corrected chi connectivity index (χ0v) is 14.6. The van der Waals surface area contributed by atoms with Crippen molar-refractivity contribution in [2.24, 2.45) is 11.3 Å². The number of piperidine rings is 1. The van der Waals surface area contributed by atoms with Crippen molar-refractivity contribution in [1.29, 1.82) is 0 Å². The standard InChI is InChI=1S/C18H24ClN2O2/c1-13(2)12-21(23)14-3-4-15(17(19)22)16(11-14)20-9-7-18(5-6-18)8-10-20/h3-4,11,13H,5-10,12H2,1-2H3/q+1. The summed E-state index contributed by atoms with van der Waals surface area (Å²) in [4.78, 5) is 26.2. The molecule has 1 aromatic rings. The topological polar surface area (TPSA) is 40.4 Å². The average molecular weight is 336 g/mol. The molecule has 2 fully saturated rings. The summed E-state index contributed by atoms with van der Waals surface area (Å²) in [6.07, 6.45) is 5.01. The molecule has 0 unspecified atom stereocenters. The fraction of sp³-hybridized carbons (Fsp3) is 0.611. The molecular formula is C18H24ClN2O2+. The highest BCUT2D eigenvalue weighted by Gasteiger charge is 2.44. The minimum Gasteiger partial charge on any atom is -0.371 e. The van der Waals surface area contributed by atoms with E-state index in [2.05, 4.69) is 4.90 Å². The molecule has 1 aliphatic heterocycles. The van der Waals surface area contributed by atoms with Crippen molar-refractivity contribution in [1.82, 2.24) is 0 Å². The first-order valence-corrected chi connectivity index (χ1v) is 8.81. The maximum atomic E-state index is 12.3. The molecule has 0 radical (unpaired) electrons. The molecular weight excluding hydrogens is 312 g/mol. The highest BCUT2D eigenvalue weighted by Crippen LogP contribution is 2.54. The third-order valence-electron chi connectivity index (χ3n) is 5.13. The second-order valence-corrected chi connectivity index (χ2v) is 7.76. The molecule has 1 aromatic carbocycles. The van der Waals surface area contributed by atoms with Gasteiger partial charge in [0, 0.05) is 40.8 Å². The van der Waals surface area contributed by atoms with Gasteiger partial charge in [-0.2, -0.15) is 0 Å². The fourth-order valence-corrected chi connectivity index (χ4v) is 3.60. The van der Waals surface area contributed by atoms with E-state index in [0.717, 1.165) is 23.5 Å². The fourth-order valence-electron chi connectivity index (χ4n) is 3.44. The molecule has 5 heteroatoms. The summed E-state index contributed by atoms with van der Waals surface area (Å²) in [6, 6.07) is 5.21. The molecule has 0 atom stereocenters. The van der Waals surface area contributed by atoms with Crippen molar-refractivity contribution in [2.75, 3.05) is 24.5 Å². The van der Waals surface area contributed by atoms with E-state index in [1.54, 1.807) is 12.1 Å². The normalized spacial score (nSPS) is 19.2. The predicted molar refractivity (Wildman–Crippen MR) is 92.7 cm³/mol. The second kappa shape index (κ2) is 6.23. The summed E-state index contributed by atoms with van der Waals surface area (Å²) in [5.74, 6) is 0.287. The van der Waals surface area contributed by atoms with Crippen LogP contribution in [0.25, 0.3) is 0 Å². The molecule has 0 aromatic heterocycles. The van der Waals surface area contributed by atoms with Crippen molar-refractivity contribution < 1.29 is 9.55 Å². The number of rotatable bonds is 5. The van der Waals surface area contributed by atoms with Crippen LogP contribution < -0.4 is 4.90 Å². The Morgan fingerprint density at radius 2 is 1.91 bits per heavy atom. The molecule has 1 saturated heterocycles. The van der Waals surface area contributed by atoms with Crippen molar-refractivity contribution in [2.45, 2.75) is 39.5 Å². The zero-order valence-electron chi connectivity index (χ0n) is 13.8. The van der Waals surface area contributed by atoms with Crippen LogP contribution in [0.15, 0.2) is 18.2 Å². The maximum Gasteiger partial charge on any atom is 0.258 e. The molecule has 4 nitrogen and oxygen atoms in total. The van der Waals surface area contributed by atoms with Crippen LogP contribution in [0.4, 0.5) is 11.4 Å². The van der Waals surface area contributed by atoms with E-state index < -0.39 is 5.24 Å². The number of carbonyl (C=O) groups is 1. The lowest BCUT2D eigenvalue weighted by atomic mass is 9.93. The van der Waals surface area contributed by atoms with Gasteiger partial charge in [0.05, 0.1) is 11.3 Å². The molecule has 1 aliphatic carbocycles. The van der Waals surface area contributed by atoms with Crippen LogP contribution in [-0.4, -0.2) is 29.6 Å². The molecule has 1 spiro atoms. The molecule has 0 amide bonds. The first-order chi connectivity index (χ1) is 10.9. The number of benzene rings is 1. The summed E-state index contributed by atoms with van der Waals surface area (Å²) < 4.78 is 1.00. The Balaban J connectivity index is 1.86. The second-order valence-electron chi connectivity index (χ2n) is 7.42. The summed E-state index contributed by atoms with van der Waals surface area (Å²) in [5.41, 5.74) is 2.48. The quantitative estimate of drug-likeness (QED) is 0.587. The van der Waals surface area contributed by atoms with Crippen LogP contribution >= 0.6 is 11.6 Å². The molecule has 0 N–H and O–H groups in total. The lowest BCUT2D eigenvalue weighted by Crippen LogP contribution is -2.35. The van der Waals surface area contributed by atoms with Gasteiger partial charge in [-0.05, 0) is 48.8 Å². The van der Waals surface area contributed by atoms with Crippen LogP contribution in [0.1, 0.15) is 49.9 Å². The van der Waals surface area contributed by atoms with Gasteiger partial charge < -0.3 is 4.90 Å². The van der Waals surface area contributed by atoms with E-state index in [9.17, 15) is 9.70 Å². The van der Waals surface area contributed by atoms with E-state index in [-0.39, 0.29) is 5.92 Å². The Labute approximate surface area is 142 Å². The van der Waals surface area contributed by atoms with Gasteiger partial charge in [-0.1, -0.05) is 13.8 Å². The number of anilines is 1. The Morgan fingerprint density at radius 1 is 1.26 bits per heavy atom. The zero-order chi connectivity index (χ0) is 16.6. The van der Waals surface area contributed by atoms with Crippen LogP contribution in [0.3, 0.4) is 0 Å². The Kier molecular flexibility index (Phi) is 4.45. The Hall–Kier alpha value is -1.42. The first-order valence-electron chi connectivity index (χ1n) is 8.44. The molecule has 2 aliphatic rings. The SMILES string of the molecule is CC(C)C[N+](=O)c1ccc(C(=O)Cl)c(N2CCC3(CC2)CC3)c1. The van der Waals surface area contributed by atoms with Crippen LogP contribution in [0, 0.1) is 16.2 Å². The van der Waals surface area contributed by atoms with Crippen LogP contribution in [-0.2, 0) is 0 Å². The van der Waals surface area contributed by atoms with Gasteiger partial charge in [0.2, 0.25) is 6.54 Å². The summed E-state index contributed by atoms with van der Waals surface area (Å²) >= 11 is 5.75. The number of nitroso groups, excluding NO2 is 1. The van der Waals surface area contributed by atoms with Crippen molar-refractivity contribution in [3.63, 3.8) is 0 Å². The van der Waals surface area contributed by atoms with E-state index >= 15 is 0 Å². The number of carbonyl (C=O) groups excluding carboxylic acids is 1. The average Bonchev–Trinajstić information content (AvgIpc) is 3.26. The number of hydrogen-bond acceptors (Lipinski definition) is 3. The minimum atomic E-state index is -0.459. The van der Waals surface area contributed by atoms with Crippen LogP contribution in [0.5, 0.6) is 0 Å². The van der Waals surface area contributed by atoms with E-state index in [1.165, 1.54) is 25.7 Å². The smallest absolute Gasteiger partial charge is 0.258 e. The molecule has 124 valence electrons. The largest absolute Gasteiger partial charge is 0.371 e. The van der Waals surface area contributed by atoms with Crippen molar-refractivity contribution in [3.8, 4) is 0 Å². The van der Waals surface area contributed by atoms with E-state index in [1.807, 2.05) is 19.9 Å². The number of hydrogen-bond donors (Lipinski definition) is 0. The first kappa shape index (κ1) is 16.4. The summed E-state index contributed by atoms with van der Waals surface area (Å²) in [6.45, 7) is 6.34. The minimum absolute atomic E-state index is 0.287. The van der Waals surface area contributed by atoms with Gasteiger partial charge in [0.25, 0.3) is 10.9 Å². The summed E-state index contributed by atoms with van der Waals surface area (Å²) in [7, 11) is 0. The Morgan fingerprint density at radius 3 is 2.43 bits per heavy atom. The van der Waals surface area contributed by atoms with Gasteiger partial charge in [-0.25, -0.2) is 0 Å². The monoisotopic (exact) mass is 335 g/mol. The predicted octanol–water partition coefficient (Wildman–Crippen LogP) is 4.51. The van der Waals surface area contributed by atoms with Gasteiger partial charge >= 0.3 is 0 Å². The van der Waals surface area contributed by atoms with Gasteiger partial charge in [0.15, 0.2) is 0 Å².